The van der Waals surface area contributed by atoms with E-state index in [1.54, 1.807) is 0 Å². The second kappa shape index (κ2) is 3.87. The molecule has 0 aromatic heterocycles. The molecule has 0 unspecified atom stereocenters. The summed E-state index contributed by atoms with van der Waals surface area (Å²) in [5.41, 5.74) is -0.0461. The monoisotopic (exact) mass is 201 g/mol. The van der Waals surface area contributed by atoms with Crippen LogP contribution in [-0.4, -0.2) is 46.3 Å². The highest BCUT2D eigenvalue weighted by atomic mass is 16.3. The molecule has 2 atom stereocenters. The number of nitrogens with zero attached hydrogens (tertiary/aromatic N) is 1. The number of amides is 1. The van der Waals surface area contributed by atoms with Crippen molar-refractivity contribution in [1.29, 1.82) is 0 Å². The number of β-amino-alcohol motifs (C(OH)–C–C–N with tert-alkyl or cyclic N) is 2. The van der Waals surface area contributed by atoms with Crippen LogP contribution in [-0.2, 0) is 4.79 Å². The maximum Gasteiger partial charge on any atom is 0.223 e. The summed E-state index contributed by atoms with van der Waals surface area (Å²) in [6, 6.07) is 0. The first kappa shape index (κ1) is 11.5. The van der Waals surface area contributed by atoms with Crippen LogP contribution in [0.25, 0.3) is 0 Å². The van der Waals surface area contributed by atoms with Crippen LogP contribution < -0.4 is 0 Å². The normalized spacial score (nSPS) is 28.2. The maximum atomic E-state index is 11.7. The number of carbonyl (C=O) groups is 1. The first-order valence-corrected chi connectivity index (χ1v) is 4.93. The Bertz CT molecular complexity index is 212. The van der Waals surface area contributed by atoms with Crippen LogP contribution >= 0.6 is 0 Å². The Labute approximate surface area is 84.5 Å². The average Bonchev–Trinajstić information content (AvgIpc) is 2.28. The highest BCUT2D eigenvalue weighted by molar-refractivity contribution is 5.77. The van der Waals surface area contributed by atoms with Gasteiger partial charge in [-0.25, -0.2) is 0 Å². The molecule has 2 N–H and O–H groups in total. The Hall–Kier alpha value is -0.610. The molecule has 14 heavy (non-hydrogen) atoms. The maximum absolute atomic E-state index is 11.7. The van der Waals surface area contributed by atoms with E-state index >= 15 is 0 Å². The zero-order valence-corrected chi connectivity index (χ0v) is 9.03. The molecule has 0 spiro atoms. The molecule has 82 valence electrons. The van der Waals surface area contributed by atoms with Gasteiger partial charge in [-0.1, -0.05) is 20.8 Å². The van der Waals surface area contributed by atoms with E-state index in [1.807, 2.05) is 20.8 Å². The smallest absolute Gasteiger partial charge is 0.223 e. The molecule has 1 saturated heterocycles. The number of hydrogen-bond acceptors (Lipinski definition) is 3. The van der Waals surface area contributed by atoms with Gasteiger partial charge >= 0.3 is 0 Å². The molecule has 1 aliphatic heterocycles. The molecule has 0 aromatic carbocycles. The predicted octanol–water partition coefficient (Wildman–Crippen LogP) is -0.0134. The lowest BCUT2D eigenvalue weighted by Crippen LogP contribution is -2.32. The van der Waals surface area contributed by atoms with Crippen LogP contribution in [0.15, 0.2) is 0 Å². The Morgan fingerprint density at radius 1 is 1.29 bits per heavy atom. The van der Waals surface area contributed by atoms with E-state index in [-0.39, 0.29) is 24.4 Å². The lowest BCUT2D eigenvalue weighted by atomic mass is 9.92. The van der Waals surface area contributed by atoms with E-state index in [4.69, 9.17) is 0 Å². The molecule has 0 aromatic rings. The van der Waals surface area contributed by atoms with Gasteiger partial charge in [0.15, 0.2) is 0 Å². The van der Waals surface area contributed by atoms with E-state index in [9.17, 15) is 15.0 Å². The van der Waals surface area contributed by atoms with Gasteiger partial charge in [0.1, 0.15) is 0 Å². The van der Waals surface area contributed by atoms with Gasteiger partial charge < -0.3 is 15.1 Å². The molecule has 0 saturated carbocycles. The third kappa shape index (κ3) is 2.96. The highest BCUT2D eigenvalue weighted by Gasteiger charge is 2.33. The van der Waals surface area contributed by atoms with Crippen LogP contribution in [0.3, 0.4) is 0 Å². The summed E-state index contributed by atoms with van der Waals surface area (Å²) in [7, 11) is 0. The molecule has 0 radical (unpaired) electrons. The largest absolute Gasteiger partial charge is 0.388 e. The molecule has 1 rings (SSSR count). The standard InChI is InChI=1S/C10H19NO3/c1-10(2,3)4-9(14)11-5-7(12)8(13)6-11/h7-8,12-13H,4-6H2,1-3H3/t7-,8-/m0/s1. The van der Waals surface area contributed by atoms with Gasteiger partial charge in [0.25, 0.3) is 0 Å². The number of rotatable bonds is 1. The Morgan fingerprint density at radius 2 is 1.71 bits per heavy atom. The van der Waals surface area contributed by atoms with E-state index in [0.29, 0.717) is 6.42 Å². The fourth-order valence-electron chi connectivity index (χ4n) is 1.54. The molecular formula is C10H19NO3. The van der Waals surface area contributed by atoms with Crippen LogP contribution in [0.5, 0.6) is 0 Å². The van der Waals surface area contributed by atoms with Crippen molar-refractivity contribution in [3.05, 3.63) is 0 Å². The zero-order chi connectivity index (χ0) is 10.9. The second-order valence-corrected chi connectivity index (χ2v) is 5.17. The van der Waals surface area contributed by atoms with Gasteiger partial charge in [-0.05, 0) is 5.41 Å². The van der Waals surface area contributed by atoms with Crippen LogP contribution in [0.4, 0.5) is 0 Å². The Balaban J connectivity index is 2.48. The number of aliphatic hydroxyl groups excluding tert-OH is 2. The third-order valence-corrected chi connectivity index (χ3v) is 2.29. The van der Waals surface area contributed by atoms with Crippen LogP contribution in [0, 0.1) is 5.41 Å². The lowest BCUT2D eigenvalue weighted by Gasteiger charge is -2.22. The minimum Gasteiger partial charge on any atom is -0.388 e. The number of likely N-dealkylation sites (tertiary alicyclic amines) is 1. The van der Waals surface area contributed by atoms with Gasteiger partial charge in [0.05, 0.1) is 12.2 Å². The van der Waals surface area contributed by atoms with Gasteiger partial charge in [-0.15, -0.1) is 0 Å². The minimum absolute atomic E-state index is 0.00750. The molecule has 4 heteroatoms. The summed E-state index contributed by atoms with van der Waals surface area (Å²) in [6.45, 7) is 6.50. The molecule has 1 fully saturated rings. The van der Waals surface area contributed by atoms with Crippen molar-refractivity contribution in [2.45, 2.75) is 39.4 Å². The second-order valence-electron chi connectivity index (χ2n) is 5.17. The van der Waals surface area contributed by atoms with Crippen LogP contribution in [0.1, 0.15) is 27.2 Å². The fourth-order valence-corrected chi connectivity index (χ4v) is 1.54. The van der Waals surface area contributed by atoms with Crippen molar-refractivity contribution in [3.63, 3.8) is 0 Å². The van der Waals surface area contributed by atoms with Crippen molar-refractivity contribution < 1.29 is 15.0 Å². The summed E-state index contributed by atoms with van der Waals surface area (Å²) in [6.07, 6.45) is -1.11. The third-order valence-electron chi connectivity index (χ3n) is 2.29. The average molecular weight is 201 g/mol. The summed E-state index contributed by atoms with van der Waals surface area (Å²) < 4.78 is 0. The summed E-state index contributed by atoms with van der Waals surface area (Å²) in [5.74, 6) is 0.00750. The van der Waals surface area contributed by atoms with E-state index in [1.165, 1.54) is 4.90 Å². The summed E-state index contributed by atoms with van der Waals surface area (Å²) in [5, 5.41) is 18.5. The fraction of sp³-hybridized carbons (Fsp3) is 0.900. The molecule has 1 aliphatic rings. The highest BCUT2D eigenvalue weighted by Crippen LogP contribution is 2.21. The van der Waals surface area contributed by atoms with Gasteiger partial charge in [-0.2, -0.15) is 0 Å². The van der Waals surface area contributed by atoms with E-state index in [0.717, 1.165) is 0 Å². The molecule has 4 nitrogen and oxygen atoms in total. The lowest BCUT2D eigenvalue weighted by molar-refractivity contribution is -0.132. The van der Waals surface area contributed by atoms with Crippen molar-refractivity contribution in [3.8, 4) is 0 Å². The van der Waals surface area contributed by atoms with Crippen molar-refractivity contribution >= 4 is 5.91 Å². The SMILES string of the molecule is CC(C)(C)CC(=O)N1C[C@H](O)[C@@H](O)C1. The Kier molecular flexibility index (Phi) is 3.17. The zero-order valence-electron chi connectivity index (χ0n) is 9.03. The van der Waals surface area contributed by atoms with E-state index < -0.39 is 12.2 Å². The van der Waals surface area contributed by atoms with Crippen molar-refractivity contribution in [2.75, 3.05) is 13.1 Å². The topological polar surface area (TPSA) is 60.8 Å². The minimum atomic E-state index is -0.779. The predicted molar refractivity (Wildman–Crippen MR) is 52.7 cm³/mol. The number of aliphatic hydroxyl groups is 2. The van der Waals surface area contributed by atoms with E-state index in [2.05, 4.69) is 0 Å². The summed E-state index contributed by atoms with van der Waals surface area (Å²) in [4.78, 5) is 13.2. The first-order valence-electron chi connectivity index (χ1n) is 4.93. The number of hydrogen-bond donors (Lipinski definition) is 2. The molecular weight excluding hydrogens is 182 g/mol. The molecule has 0 bridgehead atoms. The number of carbonyl (C=O) groups excluding carboxylic acids is 1. The van der Waals surface area contributed by atoms with Crippen LogP contribution in [0.2, 0.25) is 0 Å². The molecule has 0 aliphatic carbocycles. The van der Waals surface area contributed by atoms with Gasteiger partial charge in [0.2, 0.25) is 5.91 Å². The molecule has 1 heterocycles. The molecule has 1 amide bonds. The van der Waals surface area contributed by atoms with Gasteiger partial charge in [-0.3, -0.25) is 4.79 Å². The Morgan fingerprint density at radius 3 is 2.07 bits per heavy atom. The van der Waals surface area contributed by atoms with Gasteiger partial charge in [0, 0.05) is 19.5 Å². The first-order chi connectivity index (χ1) is 6.29. The van der Waals surface area contributed by atoms with Crippen molar-refractivity contribution in [2.24, 2.45) is 5.41 Å². The quantitative estimate of drug-likeness (QED) is 0.627. The van der Waals surface area contributed by atoms with Crippen molar-refractivity contribution in [1.82, 2.24) is 4.90 Å². The summed E-state index contributed by atoms with van der Waals surface area (Å²) >= 11 is 0.